The van der Waals surface area contributed by atoms with Gasteiger partial charge in [-0.05, 0) is 31.1 Å². The van der Waals surface area contributed by atoms with Gasteiger partial charge in [-0.25, -0.2) is 6.57 Å². The van der Waals surface area contributed by atoms with Crippen molar-refractivity contribution in [2.75, 3.05) is 33.5 Å². The number of hydrogen-bond acceptors (Lipinski definition) is 11. The van der Waals surface area contributed by atoms with Crippen molar-refractivity contribution in [2.45, 2.75) is 167 Å². The van der Waals surface area contributed by atoms with Crippen molar-refractivity contribution in [3.8, 4) is 0 Å². The summed E-state index contributed by atoms with van der Waals surface area (Å²) in [5.74, 6) is -1.53. The first-order valence-corrected chi connectivity index (χ1v) is 21.8. The summed E-state index contributed by atoms with van der Waals surface area (Å²) in [6.45, 7) is 9.01. The predicted octanol–water partition coefficient (Wildman–Crippen LogP) is 7.30. The number of amides is 1. The molecule has 296 valence electrons. The summed E-state index contributed by atoms with van der Waals surface area (Å²) < 4.78 is 33.7. The molecular formula is C37H64BN2O10PS. The fraction of sp³-hybridized carbons (Fsp3) is 0.865. The zero-order valence-corrected chi connectivity index (χ0v) is 33.8. The maximum Gasteiger partial charge on any atom is 0.327 e. The minimum Gasteiger partial charge on any atom is -0.469 e. The summed E-state index contributed by atoms with van der Waals surface area (Å²) in [7, 11) is 7.23. The second-order valence-electron chi connectivity index (χ2n) is 13.7. The molecule has 12 nitrogen and oxygen atoms in total. The fourth-order valence-corrected chi connectivity index (χ4v) is 7.39. The summed E-state index contributed by atoms with van der Waals surface area (Å²) in [5.41, 5.74) is 0. The minimum atomic E-state index is -3.52. The summed E-state index contributed by atoms with van der Waals surface area (Å²) in [4.78, 5) is 52.6. The quantitative estimate of drug-likeness (QED) is 0.0242. The average Bonchev–Trinajstić information content (AvgIpc) is 3.47. The predicted molar refractivity (Wildman–Crippen MR) is 205 cm³/mol. The van der Waals surface area contributed by atoms with Crippen LogP contribution in [0, 0.1) is 12.5 Å². The Kier molecular flexibility index (Phi) is 27.3. The van der Waals surface area contributed by atoms with Gasteiger partial charge < -0.3 is 37.9 Å². The van der Waals surface area contributed by atoms with E-state index >= 15 is 0 Å². The summed E-state index contributed by atoms with van der Waals surface area (Å²) in [6.07, 6.45) is 15.2. The zero-order valence-electron chi connectivity index (χ0n) is 32.1. The molecule has 0 saturated carbocycles. The highest BCUT2D eigenvalue weighted by atomic mass is 32.5. The molecule has 2 radical (unpaired) electrons. The van der Waals surface area contributed by atoms with Gasteiger partial charge in [0, 0.05) is 24.8 Å². The van der Waals surface area contributed by atoms with Crippen molar-refractivity contribution in [2.24, 2.45) is 5.92 Å². The first-order chi connectivity index (χ1) is 24.9. The number of carbonyl (C=O) groups excluding carboxylic acids is 4. The van der Waals surface area contributed by atoms with E-state index in [1.54, 1.807) is 13.8 Å². The first-order valence-electron chi connectivity index (χ1n) is 19.3. The number of hydrogen-bond donors (Lipinski definition) is 1. The highest BCUT2D eigenvalue weighted by Crippen LogP contribution is 2.50. The number of unbranched alkanes of at least 4 members (excludes halogenated alkanes) is 12. The van der Waals surface area contributed by atoms with Gasteiger partial charge in [-0.15, -0.1) is 0 Å². The van der Waals surface area contributed by atoms with Gasteiger partial charge in [0.1, 0.15) is 32.4 Å². The third kappa shape index (κ3) is 23.7. The highest BCUT2D eigenvalue weighted by Gasteiger charge is 2.36. The maximum absolute atomic E-state index is 12.8. The monoisotopic (exact) mass is 770 g/mol. The number of rotatable bonds is 32. The van der Waals surface area contributed by atoms with Gasteiger partial charge in [-0.2, -0.15) is 0 Å². The fourth-order valence-electron chi connectivity index (χ4n) is 5.60. The number of Topliss-reactive ketones (excluding diaryl/α,β-unsaturated/α-hetero) is 1. The molecule has 0 aromatic rings. The Labute approximate surface area is 319 Å². The Bertz CT molecular complexity index is 1120. The smallest absolute Gasteiger partial charge is 0.327 e. The van der Waals surface area contributed by atoms with E-state index in [1.165, 1.54) is 71.3 Å². The maximum atomic E-state index is 12.8. The van der Waals surface area contributed by atoms with Crippen molar-refractivity contribution in [1.29, 1.82) is 0 Å². The minimum absolute atomic E-state index is 0.0165. The molecule has 1 heterocycles. The first kappa shape index (κ1) is 48.1. The van der Waals surface area contributed by atoms with Crippen LogP contribution in [0.5, 0.6) is 0 Å². The van der Waals surface area contributed by atoms with Crippen molar-refractivity contribution >= 4 is 50.0 Å². The van der Waals surface area contributed by atoms with E-state index in [1.807, 2.05) is 0 Å². The standard InChI is InChI=1S/C37H64BN2O10PS/c1-6-7-8-9-10-11-12-13-14-15-16-17-18-19-30(41)20-21-31(49-36(43)23-22-35(42)45-5)27-47-51(52,46-25-24-39-4)48-28-33-32(26-34(38)50-33)40-37(44)29(2)3/h29,31-34H,6-28H2,1-3,5H3,(H,40,44)/t31?,32?,33-,34-,51?/m1/s1. The molecule has 0 bridgehead atoms. The number of ether oxygens (including phenoxy) is 3. The van der Waals surface area contributed by atoms with Crippen LogP contribution in [-0.4, -0.2) is 89.2 Å². The van der Waals surface area contributed by atoms with E-state index < -0.39 is 42.9 Å². The van der Waals surface area contributed by atoms with E-state index in [0.717, 1.165) is 19.3 Å². The normalized spacial score (nSPS) is 18.7. The molecule has 1 rings (SSSR count). The molecular weight excluding hydrogens is 706 g/mol. The molecule has 0 aromatic carbocycles. The van der Waals surface area contributed by atoms with Crippen molar-refractivity contribution < 1.29 is 47.0 Å². The van der Waals surface area contributed by atoms with Crippen molar-refractivity contribution in [1.82, 2.24) is 5.32 Å². The third-order valence-corrected chi connectivity index (χ3v) is 11.1. The molecule has 3 unspecified atom stereocenters. The van der Waals surface area contributed by atoms with Gasteiger partial charge in [0.2, 0.25) is 12.5 Å². The Hall–Kier alpha value is -1.88. The van der Waals surface area contributed by atoms with Crippen LogP contribution in [0.25, 0.3) is 4.85 Å². The Morgan fingerprint density at radius 2 is 1.48 bits per heavy atom. The van der Waals surface area contributed by atoms with E-state index in [4.69, 9.17) is 49.3 Å². The molecule has 0 aliphatic carbocycles. The molecule has 0 spiro atoms. The highest BCUT2D eigenvalue weighted by molar-refractivity contribution is 8.07. The summed E-state index contributed by atoms with van der Waals surface area (Å²) >= 11 is 5.66. The van der Waals surface area contributed by atoms with Crippen LogP contribution < -0.4 is 5.32 Å². The van der Waals surface area contributed by atoms with E-state index in [0.29, 0.717) is 12.8 Å². The van der Waals surface area contributed by atoms with Gasteiger partial charge in [0.25, 0.3) is 0 Å². The number of carbonyl (C=O) groups is 4. The summed E-state index contributed by atoms with van der Waals surface area (Å²) in [5, 5.41) is 2.92. The Balaban J connectivity index is 2.68. The molecule has 5 atom stereocenters. The molecule has 52 heavy (non-hydrogen) atoms. The van der Waals surface area contributed by atoms with Gasteiger partial charge in [-0.1, -0.05) is 97.8 Å². The van der Waals surface area contributed by atoms with Gasteiger partial charge >= 0.3 is 18.7 Å². The Morgan fingerprint density at radius 1 is 0.885 bits per heavy atom. The number of ketones is 1. The third-order valence-electron chi connectivity index (χ3n) is 8.77. The van der Waals surface area contributed by atoms with Gasteiger partial charge in [0.15, 0.2) is 0 Å². The number of nitrogens with one attached hydrogen (secondary N) is 1. The SMILES string of the molecule is [B][C@H]1CC(NC(=O)C(C)C)[C@@H](COP(=S)(OCC[N+]#[C-])OCC(CCC(=O)CCCCCCCCCCCCCCC)OC(=O)CCC(=O)OC)O1. The molecule has 1 N–H and O–H groups in total. The second kappa shape index (κ2) is 29.5. The molecule has 15 heteroatoms. The van der Waals surface area contributed by atoms with Crippen LogP contribution in [0.3, 0.4) is 0 Å². The van der Waals surface area contributed by atoms with Crippen molar-refractivity contribution in [3.05, 3.63) is 11.4 Å². The lowest BCUT2D eigenvalue weighted by Crippen LogP contribution is -2.44. The second-order valence-corrected chi connectivity index (χ2v) is 16.7. The van der Waals surface area contributed by atoms with E-state index in [2.05, 4.69) is 21.8 Å². The van der Waals surface area contributed by atoms with Crippen LogP contribution in [0.15, 0.2) is 0 Å². The zero-order chi connectivity index (χ0) is 38.6. The van der Waals surface area contributed by atoms with Crippen LogP contribution in [0.2, 0.25) is 0 Å². The van der Waals surface area contributed by atoms with Crippen LogP contribution in [-0.2, 0) is 58.8 Å². The lowest BCUT2D eigenvalue weighted by Gasteiger charge is -2.27. The number of esters is 2. The molecule has 1 aliphatic heterocycles. The van der Waals surface area contributed by atoms with E-state index in [9.17, 15) is 19.2 Å². The summed E-state index contributed by atoms with van der Waals surface area (Å²) in [6, 6.07) is -1.03. The topological polar surface area (TPSA) is 140 Å². The lowest BCUT2D eigenvalue weighted by atomic mass is 9.94. The van der Waals surface area contributed by atoms with Crippen LogP contribution in [0.4, 0.5) is 0 Å². The molecule has 1 aliphatic rings. The molecule has 1 amide bonds. The number of methoxy groups -OCH3 is 1. The van der Waals surface area contributed by atoms with Crippen LogP contribution in [0.1, 0.15) is 143 Å². The van der Waals surface area contributed by atoms with Gasteiger partial charge in [-0.3, -0.25) is 19.2 Å². The largest absolute Gasteiger partial charge is 0.469 e. The van der Waals surface area contributed by atoms with Gasteiger partial charge in [0.05, 0.1) is 39.2 Å². The Morgan fingerprint density at radius 3 is 2.06 bits per heavy atom. The molecule has 1 saturated heterocycles. The molecule has 1 fully saturated rings. The number of nitrogens with zero attached hydrogens (tertiary/aromatic N) is 1. The average molecular weight is 771 g/mol. The lowest BCUT2D eigenvalue weighted by molar-refractivity contribution is -0.154. The molecule has 0 aromatic heterocycles. The van der Waals surface area contributed by atoms with E-state index in [-0.39, 0.29) is 69.7 Å². The van der Waals surface area contributed by atoms with Crippen LogP contribution >= 0.6 is 6.72 Å². The van der Waals surface area contributed by atoms with Crippen molar-refractivity contribution in [3.63, 3.8) is 0 Å².